The van der Waals surface area contributed by atoms with Gasteiger partial charge in [-0.1, -0.05) is 25.5 Å². The highest BCUT2D eigenvalue weighted by Gasteiger charge is 2.16. The lowest BCUT2D eigenvalue weighted by atomic mass is 10.0. The van der Waals surface area contributed by atoms with E-state index < -0.39 is 0 Å². The molecule has 1 unspecified atom stereocenters. The van der Waals surface area contributed by atoms with E-state index in [0.29, 0.717) is 5.56 Å². The van der Waals surface area contributed by atoms with Crippen LogP contribution in [0.25, 0.3) is 22.2 Å². The fourth-order valence-corrected chi connectivity index (χ4v) is 4.27. The Hall–Kier alpha value is -2.24. The molecule has 0 saturated carbocycles. The number of hydrogen-bond acceptors (Lipinski definition) is 4. The molecule has 29 heavy (non-hydrogen) atoms. The lowest BCUT2D eigenvalue weighted by Crippen LogP contribution is -2.33. The maximum atomic E-state index is 13.2. The minimum absolute atomic E-state index is 0.0187. The lowest BCUT2D eigenvalue weighted by molar-refractivity contribution is 0.0939. The molecule has 0 bridgehead atoms. The first-order valence-corrected chi connectivity index (χ1v) is 11.4. The summed E-state index contributed by atoms with van der Waals surface area (Å²) in [5.74, 6) is -0.0187. The van der Waals surface area contributed by atoms with E-state index in [1.807, 2.05) is 36.6 Å². The summed E-state index contributed by atoms with van der Waals surface area (Å²) in [7, 11) is 0. The molecule has 1 amide bonds. The zero-order chi connectivity index (χ0) is 20.8. The molecule has 1 atom stereocenters. The van der Waals surface area contributed by atoms with Crippen LogP contribution in [0.4, 0.5) is 0 Å². The van der Waals surface area contributed by atoms with Gasteiger partial charge in [0.15, 0.2) is 0 Å². The van der Waals surface area contributed by atoms with Crippen LogP contribution in [0.5, 0.6) is 0 Å². The summed E-state index contributed by atoms with van der Waals surface area (Å²) >= 11 is 1.64. The molecule has 3 rings (SSSR count). The average Bonchev–Trinajstić information content (AvgIpc) is 3.25. The van der Waals surface area contributed by atoms with Crippen LogP contribution in [0.1, 0.15) is 49.5 Å². The lowest BCUT2D eigenvalue weighted by Gasteiger charge is -2.20. The fourth-order valence-electron chi connectivity index (χ4n) is 3.62. The number of amides is 1. The molecule has 2 heterocycles. The van der Waals surface area contributed by atoms with Gasteiger partial charge in [-0.25, -0.2) is 4.98 Å². The second-order valence-corrected chi connectivity index (χ2v) is 8.41. The van der Waals surface area contributed by atoms with E-state index in [4.69, 9.17) is 4.98 Å². The van der Waals surface area contributed by atoms with Gasteiger partial charge in [-0.05, 0) is 76.0 Å². The molecular weight excluding hydrogens is 378 g/mol. The van der Waals surface area contributed by atoms with Crippen molar-refractivity contribution in [2.45, 2.75) is 46.6 Å². The van der Waals surface area contributed by atoms with Crippen molar-refractivity contribution in [1.82, 2.24) is 15.2 Å². The fraction of sp³-hybridized carbons (Fsp3) is 0.417. The standard InChI is InChI=1S/C24H31N3OS/c1-5-27(6-2)12-7-8-18(4)25-24(28)21-15-23(19-11-13-29-16-19)26-22-10-9-17(3)14-20(21)22/h9-11,13-16,18H,5-8,12H2,1-4H3,(H,25,28). The molecule has 1 N–H and O–H groups in total. The van der Waals surface area contributed by atoms with Gasteiger partial charge in [-0.2, -0.15) is 11.3 Å². The minimum Gasteiger partial charge on any atom is -0.350 e. The van der Waals surface area contributed by atoms with Crippen LogP contribution in [0, 0.1) is 6.92 Å². The van der Waals surface area contributed by atoms with Crippen LogP contribution in [0.3, 0.4) is 0 Å². The SMILES string of the molecule is CCN(CC)CCCC(C)NC(=O)c1cc(-c2ccsc2)nc2ccc(C)cc12. The molecule has 1 aromatic carbocycles. The Labute approximate surface area is 178 Å². The van der Waals surface area contributed by atoms with Crippen LogP contribution in [0.2, 0.25) is 0 Å². The van der Waals surface area contributed by atoms with Gasteiger partial charge in [0, 0.05) is 22.4 Å². The highest BCUT2D eigenvalue weighted by Crippen LogP contribution is 2.27. The molecular formula is C24H31N3OS. The third kappa shape index (κ3) is 5.43. The molecule has 2 aromatic heterocycles. The number of aryl methyl sites for hydroxylation is 1. The molecule has 0 spiro atoms. The second kappa shape index (κ2) is 9.99. The van der Waals surface area contributed by atoms with E-state index >= 15 is 0 Å². The van der Waals surface area contributed by atoms with Crippen LogP contribution in [-0.4, -0.2) is 41.5 Å². The number of thiophene rings is 1. The summed E-state index contributed by atoms with van der Waals surface area (Å²) in [6.45, 7) is 11.7. The third-order valence-corrected chi connectivity index (χ3v) is 6.09. The van der Waals surface area contributed by atoms with Gasteiger partial charge in [0.2, 0.25) is 0 Å². The topological polar surface area (TPSA) is 45.2 Å². The summed E-state index contributed by atoms with van der Waals surface area (Å²) < 4.78 is 0. The Kier molecular flexibility index (Phi) is 7.40. The predicted octanol–water partition coefficient (Wildman–Crippen LogP) is 5.51. The summed E-state index contributed by atoms with van der Waals surface area (Å²) in [6, 6.07) is 10.2. The van der Waals surface area contributed by atoms with E-state index in [1.165, 1.54) is 0 Å². The van der Waals surface area contributed by atoms with E-state index in [0.717, 1.165) is 60.2 Å². The maximum Gasteiger partial charge on any atom is 0.252 e. The Morgan fingerprint density at radius 1 is 1.21 bits per heavy atom. The van der Waals surface area contributed by atoms with Crippen LogP contribution >= 0.6 is 11.3 Å². The number of hydrogen-bond donors (Lipinski definition) is 1. The molecule has 0 aliphatic heterocycles. The minimum atomic E-state index is -0.0187. The van der Waals surface area contributed by atoms with E-state index in [-0.39, 0.29) is 11.9 Å². The van der Waals surface area contributed by atoms with Crippen LogP contribution < -0.4 is 5.32 Å². The summed E-state index contributed by atoms with van der Waals surface area (Å²) in [6.07, 6.45) is 2.06. The molecule has 0 fully saturated rings. The number of rotatable bonds is 9. The van der Waals surface area contributed by atoms with E-state index in [2.05, 4.69) is 42.4 Å². The number of nitrogens with zero attached hydrogens (tertiary/aromatic N) is 2. The Balaban J connectivity index is 1.80. The van der Waals surface area contributed by atoms with Gasteiger partial charge in [-0.15, -0.1) is 0 Å². The van der Waals surface area contributed by atoms with Crippen molar-refractivity contribution in [3.8, 4) is 11.3 Å². The number of nitrogens with one attached hydrogen (secondary N) is 1. The van der Waals surface area contributed by atoms with Crippen LogP contribution in [-0.2, 0) is 0 Å². The Bertz CT molecular complexity index is 948. The molecule has 5 heteroatoms. The first-order valence-electron chi connectivity index (χ1n) is 10.5. The van der Waals surface area contributed by atoms with Crippen molar-refractivity contribution in [2.75, 3.05) is 19.6 Å². The molecule has 0 radical (unpaired) electrons. The molecule has 0 saturated heterocycles. The first kappa shape index (κ1) is 21.5. The largest absolute Gasteiger partial charge is 0.350 e. The first-order chi connectivity index (χ1) is 14.0. The zero-order valence-electron chi connectivity index (χ0n) is 17.9. The molecule has 0 aliphatic carbocycles. The van der Waals surface area contributed by atoms with Crippen LogP contribution in [0.15, 0.2) is 41.1 Å². The van der Waals surface area contributed by atoms with Crippen molar-refractivity contribution in [3.63, 3.8) is 0 Å². The van der Waals surface area contributed by atoms with Crippen molar-refractivity contribution >= 4 is 28.1 Å². The van der Waals surface area contributed by atoms with Gasteiger partial charge in [0.1, 0.15) is 0 Å². The highest BCUT2D eigenvalue weighted by atomic mass is 32.1. The Morgan fingerprint density at radius 2 is 2.00 bits per heavy atom. The average molecular weight is 410 g/mol. The third-order valence-electron chi connectivity index (χ3n) is 5.41. The summed E-state index contributed by atoms with van der Waals surface area (Å²) in [5, 5.41) is 8.23. The predicted molar refractivity (Wildman–Crippen MR) is 124 cm³/mol. The van der Waals surface area contributed by atoms with Crippen molar-refractivity contribution < 1.29 is 4.79 Å². The Morgan fingerprint density at radius 3 is 2.69 bits per heavy atom. The van der Waals surface area contributed by atoms with E-state index in [9.17, 15) is 4.79 Å². The van der Waals surface area contributed by atoms with Gasteiger partial charge in [-0.3, -0.25) is 4.79 Å². The van der Waals surface area contributed by atoms with Crippen molar-refractivity contribution in [1.29, 1.82) is 0 Å². The van der Waals surface area contributed by atoms with Gasteiger partial charge in [0.25, 0.3) is 5.91 Å². The second-order valence-electron chi connectivity index (χ2n) is 7.63. The monoisotopic (exact) mass is 409 g/mol. The number of fused-ring (bicyclic) bond motifs is 1. The highest BCUT2D eigenvalue weighted by molar-refractivity contribution is 7.08. The number of pyridine rings is 1. The quantitative estimate of drug-likeness (QED) is 0.507. The number of carbonyl (C=O) groups excluding carboxylic acids is 1. The van der Waals surface area contributed by atoms with E-state index in [1.54, 1.807) is 11.3 Å². The smallest absolute Gasteiger partial charge is 0.252 e. The van der Waals surface area contributed by atoms with Gasteiger partial charge < -0.3 is 10.2 Å². The van der Waals surface area contributed by atoms with Crippen molar-refractivity contribution in [2.24, 2.45) is 0 Å². The molecule has 3 aromatic rings. The normalized spacial score (nSPS) is 12.4. The number of benzene rings is 1. The number of aromatic nitrogens is 1. The number of carbonyl (C=O) groups is 1. The zero-order valence-corrected chi connectivity index (χ0v) is 18.7. The summed E-state index contributed by atoms with van der Waals surface area (Å²) in [5.41, 5.74) is 4.60. The van der Waals surface area contributed by atoms with Crippen molar-refractivity contribution in [3.05, 3.63) is 52.2 Å². The van der Waals surface area contributed by atoms with Gasteiger partial charge in [0.05, 0.1) is 16.8 Å². The maximum absolute atomic E-state index is 13.2. The molecule has 4 nitrogen and oxygen atoms in total. The van der Waals surface area contributed by atoms with Gasteiger partial charge >= 0.3 is 0 Å². The summed E-state index contributed by atoms with van der Waals surface area (Å²) in [4.78, 5) is 20.4. The molecule has 154 valence electrons. The molecule has 0 aliphatic rings.